The van der Waals surface area contributed by atoms with Gasteiger partial charge in [-0.25, -0.2) is 0 Å². The normalized spacial score (nSPS) is 40.7. The van der Waals surface area contributed by atoms with Crippen LogP contribution in [-0.2, 0) is 4.79 Å². The number of carbonyl (C=O) groups is 1. The van der Waals surface area contributed by atoms with Gasteiger partial charge in [-0.05, 0) is 37.0 Å². The summed E-state index contributed by atoms with van der Waals surface area (Å²) in [6.45, 7) is 0. The molecule has 2 heteroatoms. The Morgan fingerprint density at radius 3 is 3.07 bits per heavy atom. The monoisotopic (exact) mass is 316 g/mol. The molecule has 0 aromatic rings. The van der Waals surface area contributed by atoms with E-state index in [0.29, 0.717) is 17.1 Å². The number of hydrogen-bond donors (Lipinski definition) is 0. The van der Waals surface area contributed by atoms with E-state index in [-0.39, 0.29) is 0 Å². The van der Waals surface area contributed by atoms with E-state index < -0.39 is 0 Å². The van der Waals surface area contributed by atoms with E-state index in [1.54, 1.807) is 0 Å². The van der Waals surface area contributed by atoms with Crippen molar-refractivity contribution < 1.29 is 4.79 Å². The SMILES string of the molecule is C#CC[C@@]12CCC(=O)C[C@@H]1CC(I)CC2. The van der Waals surface area contributed by atoms with Crippen LogP contribution in [0.15, 0.2) is 0 Å². The fourth-order valence-corrected chi connectivity index (χ4v) is 4.17. The van der Waals surface area contributed by atoms with Crippen LogP contribution in [0, 0.1) is 23.7 Å². The third-order valence-corrected chi connectivity index (χ3v) is 5.32. The Morgan fingerprint density at radius 2 is 2.33 bits per heavy atom. The molecule has 0 aliphatic heterocycles. The minimum absolute atomic E-state index is 0.324. The molecule has 0 aromatic carbocycles. The predicted octanol–water partition coefficient (Wildman–Crippen LogP) is 3.35. The van der Waals surface area contributed by atoms with Gasteiger partial charge in [-0.3, -0.25) is 4.79 Å². The first-order valence-corrected chi connectivity index (χ1v) is 7.00. The highest BCUT2D eigenvalue weighted by atomic mass is 127. The van der Waals surface area contributed by atoms with Crippen LogP contribution in [0.5, 0.6) is 0 Å². The summed E-state index contributed by atoms with van der Waals surface area (Å²) in [5.41, 5.74) is 0.324. The lowest BCUT2D eigenvalue weighted by molar-refractivity contribution is -0.126. The van der Waals surface area contributed by atoms with Gasteiger partial charge in [0.15, 0.2) is 0 Å². The highest BCUT2D eigenvalue weighted by Gasteiger charge is 2.45. The third-order valence-electron chi connectivity index (χ3n) is 4.19. The van der Waals surface area contributed by atoms with Crippen molar-refractivity contribution in [1.29, 1.82) is 0 Å². The molecule has 0 aromatic heterocycles. The molecule has 1 nitrogen and oxygen atoms in total. The Bertz CT molecular complexity index is 304. The van der Waals surface area contributed by atoms with Crippen molar-refractivity contribution in [2.75, 3.05) is 0 Å². The van der Waals surface area contributed by atoms with Gasteiger partial charge in [0.2, 0.25) is 0 Å². The zero-order valence-electron chi connectivity index (χ0n) is 8.97. The molecular weight excluding hydrogens is 299 g/mol. The van der Waals surface area contributed by atoms with Crippen molar-refractivity contribution in [1.82, 2.24) is 0 Å². The molecule has 2 fully saturated rings. The van der Waals surface area contributed by atoms with Gasteiger partial charge in [-0.1, -0.05) is 22.6 Å². The summed E-state index contributed by atoms with van der Waals surface area (Å²) in [5, 5.41) is 0. The molecule has 0 amide bonds. The maximum atomic E-state index is 11.5. The van der Waals surface area contributed by atoms with Gasteiger partial charge in [-0.15, -0.1) is 12.3 Å². The van der Waals surface area contributed by atoms with Crippen molar-refractivity contribution in [3.63, 3.8) is 0 Å². The van der Waals surface area contributed by atoms with Gasteiger partial charge in [0, 0.05) is 23.2 Å². The third kappa shape index (κ3) is 2.22. The second kappa shape index (κ2) is 4.45. The van der Waals surface area contributed by atoms with Crippen molar-refractivity contribution in [3.8, 4) is 12.3 Å². The van der Waals surface area contributed by atoms with Crippen LogP contribution in [0.3, 0.4) is 0 Å². The summed E-state index contributed by atoms with van der Waals surface area (Å²) in [5.74, 6) is 3.87. The van der Waals surface area contributed by atoms with Crippen LogP contribution in [0.1, 0.15) is 44.9 Å². The lowest BCUT2D eigenvalue weighted by Crippen LogP contribution is -2.41. The Labute approximate surface area is 106 Å². The maximum absolute atomic E-state index is 11.5. The number of terminal acetylenes is 1. The minimum atomic E-state index is 0.324. The van der Waals surface area contributed by atoms with Crippen LogP contribution in [0.25, 0.3) is 0 Å². The number of halogens is 1. The molecule has 0 heterocycles. The van der Waals surface area contributed by atoms with Crippen molar-refractivity contribution in [3.05, 3.63) is 0 Å². The average molecular weight is 316 g/mol. The minimum Gasteiger partial charge on any atom is -0.300 e. The highest BCUT2D eigenvalue weighted by molar-refractivity contribution is 14.1. The molecule has 0 N–H and O–H groups in total. The van der Waals surface area contributed by atoms with E-state index in [1.807, 2.05) is 0 Å². The summed E-state index contributed by atoms with van der Waals surface area (Å²) < 4.78 is 0.754. The van der Waals surface area contributed by atoms with Gasteiger partial charge >= 0.3 is 0 Å². The first-order valence-electron chi connectivity index (χ1n) is 5.75. The second-order valence-corrected chi connectivity index (χ2v) is 6.82. The molecular formula is C13H17IO. The van der Waals surface area contributed by atoms with Gasteiger partial charge in [0.25, 0.3) is 0 Å². The highest BCUT2D eigenvalue weighted by Crippen LogP contribution is 2.52. The number of carbonyl (C=O) groups excluding carboxylic acids is 1. The smallest absolute Gasteiger partial charge is 0.133 e. The Hall–Kier alpha value is -0.0400. The van der Waals surface area contributed by atoms with Crippen LogP contribution in [0.2, 0.25) is 0 Å². The molecule has 82 valence electrons. The first kappa shape index (κ1) is 11.4. The number of rotatable bonds is 1. The molecule has 0 radical (unpaired) electrons. The van der Waals surface area contributed by atoms with Gasteiger partial charge in [-0.2, -0.15) is 0 Å². The molecule has 0 spiro atoms. The number of hydrogen-bond acceptors (Lipinski definition) is 1. The molecule has 15 heavy (non-hydrogen) atoms. The summed E-state index contributed by atoms with van der Waals surface area (Å²) in [4.78, 5) is 11.5. The second-order valence-electron chi connectivity index (χ2n) is 5.05. The van der Waals surface area contributed by atoms with Crippen LogP contribution >= 0.6 is 22.6 Å². The van der Waals surface area contributed by atoms with E-state index >= 15 is 0 Å². The van der Waals surface area contributed by atoms with Crippen LogP contribution in [-0.4, -0.2) is 9.71 Å². The Morgan fingerprint density at radius 1 is 1.53 bits per heavy atom. The van der Waals surface area contributed by atoms with E-state index in [9.17, 15) is 4.79 Å². The number of Topliss-reactive ketones (excluding diaryl/α,β-unsaturated/α-hetero) is 1. The lowest BCUT2D eigenvalue weighted by Gasteiger charge is -2.47. The average Bonchev–Trinajstić information content (AvgIpc) is 2.20. The summed E-state index contributed by atoms with van der Waals surface area (Å²) >= 11 is 2.52. The van der Waals surface area contributed by atoms with Crippen LogP contribution < -0.4 is 0 Å². The van der Waals surface area contributed by atoms with E-state index in [1.165, 1.54) is 19.3 Å². The van der Waals surface area contributed by atoms with Crippen molar-refractivity contribution in [2.24, 2.45) is 11.3 Å². The van der Waals surface area contributed by atoms with Crippen LogP contribution in [0.4, 0.5) is 0 Å². The zero-order valence-corrected chi connectivity index (χ0v) is 11.1. The summed E-state index contributed by atoms with van der Waals surface area (Å²) in [6.07, 6.45) is 12.7. The molecule has 2 aliphatic rings. The summed E-state index contributed by atoms with van der Waals surface area (Å²) in [6, 6.07) is 0. The Kier molecular flexibility index (Phi) is 3.39. The molecule has 3 atom stereocenters. The van der Waals surface area contributed by atoms with Crippen molar-refractivity contribution in [2.45, 2.75) is 48.9 Å². The molecule has 0 bridgehead atoms. The van der Waals surface area contributed by atoms with Gasteiger partial charge in [0.05, 0.1) is 0 Å². The van der Waals surface area contributed by atoms with Gasteiger partial charge < -0.3 is 0 Å². The number of alkyl halides is 1. The summed E-state index contributed by atoms with van der Waals surface area (Å²) in [7, 11) is 0. The topological polar surface area (TPSA) is 17.1 Å². The van der Waals surface area contributed by atoms with E-state index in [4.69, 9.17) is 6.42 Å². The van der Waals surface area contributed by atoms with E-state index in [0.717, 1.165) is 29.6 Å². The predicted molar refractivity (Wildman–Crippen MR) is 69.9 cm³/mol. The lowest BCUT2D eigenvalue weighted by atomic mass is 9.58. The molecule has 1 unspecified atom stereocenters. The first-order chi connectivity index (χ1) is 7.16. The fraction of sp³-hybridized carbons (Fsp3) is 0.769. The standard InChI is InChI=1S/C13H17IO/c1-2-5-13-6-3-11(14)8-10(13)9-12(15)4-7-13/h1,10-11H,3-9H2/t10-,11?,13+/m0/s1. The van der Waals surface area contributed by atoms with Crippen molar-refractivity contribution >= 4 is 28.4 Å². The quantitative estimate of drug-likeness (QED) is 0.412. The molecule has 2 saturated carbocycles. The molecule has 2 rings (SSSR count). The fourth-order valence-electron chi connectivity index (χ4n) is 3.24. The molecule has 0 saturated heterocycles. The van der Waals surface area contributed by atoms with E-state index in [2.05, 4.69) is 28.5 Å². The Balaban J connectivity index is 2.17. The zero-order chi connectivity index (χ0) is 10.9. The number of fused-ring (bicyclic) bond motifs is 1. The molecule has 2 aliphatic carbocycles. The number of ketones is 1. The van der Waals surface area contributed by atoms with Gasteiger partial charge in [0.1, 0.15) is 5.78 Å². The largest absolute Gasteiger partial charge is 0.300 e. The maximum Gasteiger partial charge on any atom is 0.133 e.